The number of imidazole rings is 1. The van der Waals surface area contributed by atoms with Gasteiger partial charge in [-0.25, -0.2) is 4.98 Å². The number of aromatic hydroxyl groups is 1. The third-order valence-corrected chi connectivity index (χ3v) is 3.86. The molecule has 1 saturated heterocycles. The molecule has 0 aromatic carbocycles. The Morgan fingerprint density at radius 2 is 2.29 bits per heavy atom. The summed E-state index contributed by atoms with van der Waals surface area (Å²) < 4.78 is 2.04. The zero-order chi connectivity index (χ0) is 14.7. The summed E-state index contributed by atoms with van der Waals surface area (Å²) in [5.74, 6) is 0.241. The van der Waals surface area contributed by atoms with Gasteiger partial charge in [0.15, 0.2) is 0 Å². The summed E-state index contributed by atoms with van der Waals surface area (Å²) in [6.45, 7) is 2.31. The Morgan fingerprint density at radius 1 is 1.38 bits per heavy atom. The molecule has 6 nitrogen and oxygen atoms in total. The van der Waals surface area contributed by atoms with Crippen molar-refractivity contribution < 1.29 is 9.90 Å². The second kappa shape index (κ2) is 5.95. The zero-order valence-corrected chi connectivity index (χ0v) is 11.7. The molecule has 1 aliphatic rings. The molecule has 3 heterocycles. The van der Waals surface area contributed by atoms with E-state index in [9.17, 15) is 9.90 Å². The summed E-state index contributed by atoms with van der Waals surface area (Å²) in [5, 5.41) is 9.76. The van der Waals surface area contributed by atoms with Crippen molar-refractivity contribution in [3.8, 4) is 5.75 Å². The fourth-order valence-electron chi connectivity index (χ4n) is 2.83. The molecule has 3 rings (SSSR count). The van der Waals surface area contributed by atoms with E-state index >= 15 is 0 Å². The Labute approximate surface area is 123 Å². The molecule has 0 aliphatic carbocycles. The molecule has 1 fully saturated rings. The summed E-state index contributed by atoms with van der Waals surface area (Å²) in [6.07, 6.45) is 10.4. The first kappa shape index (κ1) is 13.6. The second-order valence-corrected chi connectivity index (χ2v) is 5.41. The number of rotatable bonds is 3. The Kier molecular flexibility index (Phi) is 3.85. The molecule has 0 saturated carbocycles. The van der Waals surface area contributed by atoms with Crippen LogP contribution < -0.4 is 0 Å². The molecule has 1 aliphatic heterocycles. The predicted molar refractivity (Wildman–Crippen MR) is 76.8 cm³/mol. The van der Waals surface area contributed by atoms with Crippen molar-refractivity contribution in [3.63, 3.8) is 0 Å². The molecule has 0 spiro atoms. The number of hydrogen-bond acceptors (Lipinski definition) is 4. The lowest BCUT2D eigenvalue weighted by molar-refractivity contribution is 0.0659. The normalized spacial score (nSPS) is 18.7. The van der Waals surface area contributed by atoms with Crippen molar-refractivity contribution in [3.05, 3.63) is 42.7 Å². The van der Waals surface area contributed by atoms with Crippen LogP contribution >= 0.6 is 0 Å². The van der Waals surface area contributed by atoms with Gasteiger partial charge in [-0.3, -0.25) is 9.78 Å². The summed E-state index contributed by atoms with van der Waals surface area (Å²) >= 11 is 0. The van der Waals surface area contributed by atoms with Gasteiger partial charge in [-0.15, -0.1) is 0 Å². The fraction of sp³-hybridized carbons (Fsp3) is 0.400. The first-order valence-electron chi connectivity index (χ1n) is 7.12. The van der Waals surface area contributed by atoms with Gasteiger partial charge in [0, 0.05) is 38.2 Å². The van der Waals surface area contributed by atoms with Crippen molar-refractivity contribution >= 4 is 5.91 Å². The van der Waals surface area contributed by atoms with Crippen molar-refractivity contribution in [1.29, 1.82) is 0 Å². The Morgan fingerprint density at radius 3 is 3.05 bits per heavy atom. The molecule has 110 valence electrons. The van der Waals surface area contributed by atoms with Crippen LogP contribution in [0.25, 0.3) is 0 Å². The summed E-state index contributed by atoms with van der Waals surface area (Å²) in [5.41, 5.74) is 0.327. The van der Waals surface area contributed by atoms with Crippen LogP contribution in [0, 0.1) is 5.92 Å². The van der Waals surface area contributed by atoms with Crippen LogP contribution in [0.5, 0.6) is 5.75 Å². The van der Waals surface area contributed by atoms with Gasteiger partial charge in [-0.2, -0.15) is 0 Å². The van der Waals surface area contributed by atoms with Gasteiger partial charge < -0.3 is 14.6 Å². The predicted octanol–water partition coefficient (Wildman–Crippen LogP) is 1.54. The Balaban J connectivity index is 1.68. The lowest BCUT2D eigenvalue weighted by Gasteiger charge is -2.33. The minimum atomic E-state index is -0.120. The number of piperidine rings is 1. The maximum atomic E-state index is 12.5. The number of aromatic nitrogens is 3. The minimum Gasteiger partial charge on any atom is -0.505 e. The average Bonchev–Trinajstić information content (AvgIpc) is 3.00. The molecule has 1 N–H and O–H groups in total. The molecule has 0 bridgehead atoms. The van der Waals surface area contributed by atoms with Crippen LogP contribution in [0.2, 0.25) is 0 Å². The van der Waals surface area contributed by atoms with Crippen LogP contribution in [0.4, 0.5) is 0 Å². The third kappa shape index (κ3) is 3.04. The molecule has 0 unspecified atom stereocenters. The van der Waals surface area contributed by atoms with E-state index < -0.39 is 0 Å². The number of carbonyl (C=O) groups excluding carboxylic acids is 1. The largest absolute Gasteiger partial charge is 0.505 e. The Bertz CT molecular complexity index is 612. The lowest BCUT2D eigenvalue weighted by Crippen LogP contribution is -2.41. The molecule has 1 amide bonds. The Hall–Kier alpha value is -2.37. The maximum Gasteiger partial charge on any atom is 0.257 e. The standard InChI is InChI=1S/C15H18N4O2/c20-14-8-16-4-3-13(14)15(21)19-6-1-2-12(10-19)9-18-7-5-17-11-18/h3-5,7-8,11-12,20H,1-2,6,9-10H2/t12-/m0/s1. The van der Waals surface area contributed by atoms with E-state index in [0.29, 0.717) is 18.0 Å². The van der Waals surface area contributed by atoms with E-state index in [-0.39, 0.29) is 11.7 Å². The third-order valence-electron chi connectivity index (χ3n) is 3.86. The van der Waals surface area contributed by atoms with Gasteiger partial charge >= 0.3 is 0 Å². The molecule has 0 radical (unpaired) electrons. The first-order valence-corrected chi connectivity index (χ1v) is 7.12. The summed E-state index contributed by atoms with van der Waals surface area (Å²) in [6, 6.07) is 1.57. The number of amides is 1. The van der Waals surface area contributed by atoms with Gasteiger partial charge in [-0.05, 0) is 24.8 Å². The topological polar surface area (TPSA) is 71.2 Å². The van der Waals surface area contributed by atoms with Gasteiger partial charge in [0.05, 0.1) is 18.1 Å². The van der Waals surface area contributed by atoms with Crippen LogP contribution in [-0.4, -0.2) is 43.5 Å². The van der Waals surface area contributed by atoms with Crippen LogP contribution in [0.15, 0.2) is 37.2 Å². The number of hydrogen-bond donors (Lipinski definition) is 1. The van der Waals surface area contributed by atoms with E-state index in [1.165, 1.54) is 12.4 Å². The molecule has 6 heteroatoms. The van der Waals surface area contributed by atoms with Crippen LogP contribution in [0.1, 0.15) is 23.2 Å². The maximum absolute atomic E-state index is 12.5. The molecule has 2 aromatic rings. The van der Waals surface area contributed by atoms with E-state index in [2.05, 4.69) is 9.97 Å². The van der Waals surface area contributed by atoms with E-state index in [4.69, 9.17) is 0 Å². The molecular weight excluding hydrogens is 268 g/mol. The van der Waals surface area contributed by atoms with Gasteiger partial charge in [0.1, 0.15) is 5.75 Å². The average molecular weight is 286 g/mol. The van der Waals surface area contributed by atoms with E-state index in [1.54, 1.807) is 18.6 Å². The van der Waals surface area contributed by atoms with Crippen molar-refractivity contribution in [1.82, 2.24) is 19.4 Å². The first-order chi connectivity index (χ1) is 10.2. The zero-order valence-electron chi connectivity index (χ0n) is 11.7. The van der Waals surface area contributed by atoms with Crippen molar-refractivity contribution in [2.75, 3.05) is 13.1 Å². The number of pyridine rings is 1. The minimum absolute atomic E-state index is 0.0563. The second-order valence-electron chi connectivity index (χ2n) is 5.41. The van der Waals surface area contributed by atoms with Gasteiger partial charge in [0.25, 0.3) is 5.91 Å². The van der Waals surface area contributed by atoms with Crippen molar-refractivity contribution in [2.24, 2.45) is 5.92 Å². The van der Waals surface area contributed by atoms with E-state index in [0.717, 1.165) is 25.9 Å². The highest BCUT2D eigenvalue weighted by Crippen LogP contribution is 2.23. The van der Waals surface area contributed by atoms with Gasteiger partial charge in [0.2, 0.25) is 0 Å². The smallest absolute Gasteiger partial charge is 0.257 e. The molecular formula is C15H18N4O2. The summed E-state index contributed by atoms with van der Waals surface area (Å²) in [4.78, 5) is 22.2. The van der Waals surface area contributed by atoms with Gasteiger partial charge in [-0.1, -0.05) is 0 Å². The lowest BCUT2D eigenvalue weighted by atomic mass is 9.97. The summed E-state index contributed by atoms with van der Waals surface area (Å²) in [7, 11) is 0. The highest BCUT2D eigenvalue weighted by atomic mass is 16.3. The number of carbonyl (C=O) groups is 1. The van der Waals surface area contributed by atoms with Crippen molar-refractivity contribution in [2.45, 2.75) is 19.4 Å². The number of nitrogens with zero attached hydrogens (tertiary/aromatic N) is 4. The molecule has 2 aromatic heterocycles. The van der Waals surface area contributed by atoms with E-state index in [1.807, 2.05) is 15.7 Å². The monoisotopic (exact) mass is 286 g/mol. The highest BCUT2D eigenvalue weighted by molar-refractivity contribution is 5.96. The SMILES string of the molecule is O=C(c1ccncc1O)N1CCC[C@@H](Cn2ccnc2)C1. The fourth-order valence-corrected chi connectivity index (χ4v) is 2.83. The van der Waals surface area contributed by atoms with Crippen LogP contribution in [-0.2, 0) is 6.54 Å². The highest BCUT2D eigenvalue weighted by Gasteiger charge is 2.26. The van der Waals surface area contributed by atoms with Crippen LogP contribution in [0.3, 0.4) is 0 Å². The number of likely N-dealkylation sites (tertiary alicyclic amines) is 1. The quantitative estimate of drug-likeness (QED) is 0.929. The molecule has 21 heavy (non-hydrogen) atoms. The molecule has 1 atom stereocenters.